The molecule has 0 spiro atoms. The summed E-state index contributed by atoms with van der Waals surface area (Å²) in [6.07, 6.45) is -3.43. The van der Waals surface area contributed by atoms with Crippen molar-refractivity contribution in [1.29, 1.82) is 0 Å². The van der Waals surface area contributed by atoms with Crippen LogP contribution in [0.15, 0.2) is 36.5 Å². The standard InChI is InChI=1S/C13H11ClF3N3/c1-8(9-4-2-3-5-10(9)14)19-12-18-7-6-11(20-12)13(15,16)17/h2-8H,1H3,(H,18,19,20). The van der Waals surface area contributed by atoms with Crippen LogP contribution >= 0.6 is 11.6 Å². The first kappa shape index (κ1) is 14.6. The fourth-order valence-electron chi connectivity index (χ4n) is 1.68. The van der Waals surface area contributed by atoms with Crippen LogP contribution in [0.4, 0.5) is 19.1 Å². The average molecular weight is 302 g/mol. The highest BCUT2D eigenvalue weighted by molar-refractivity contribution is 6.31. The molecule has 2 aromatic rings. The largest absolute Gasteiger partial charge is 0.433 e. The molecule has 0 saturated heterocycles. The zero-order chi connectivity index (χ0) is 14.8. The molecule has 7 heteroatoms. The van der Waals surface area contributed by atoms with Crippen molar-refractivity contribution in [2.24, 2.45) is 0 Å². The molecule has 0 fully saturated rings. The van der Waals surface area contributed by atoms with E-state index in [0.717, 1.165) is 17.8 Å². The number of alkyl halides is 3. The number of hydrogen-bond donors (Lipinski definition) is 1. The van der Waals surface area contributed by atoms with E-state index >= 15 is 0 Å². The van der Waals surface area contributed by atoms with E-state index < -0.39 is 11.9 Å². The molecular weight excluding hydrogens is 291 g/mol. The number of hydrogen-bond acceptors (Lipinski definition) is 3. The summed E-state index contributed by atoms with van der Waals surface area (Å²) in [5.74, 6) is -0.0905. The van der Waals surface area contributed by atoms with Gasteiger partial charge in [0.05, 0.1) is 6.04 Å². The average Bonchev–Trinajstić information content (AvgIpc) is 2.38. The van der Waals surface area contributed by atoms with Gasteiger partial charge in [-0.25, -0.2) is 9.97 Å². The van der Waals surface area contributed by atoms with E-state index in [1.807, 2.05) is 0 Å². The first-order valence-corrected chi connectivity index (χ1v) is 6.17. The number of anilines is 1. The molecule has 0 radical (unpaired) electrons. The normalized spacial score (nSPS) is 13.1. The summed E-state index contributed by atoms with van der Waals surface area (Å²) in [6.45, 7) is 1.77. The molecule has 106 valence electrons. The number of aromatic nitrogens is 2. The minimum absolute atomic E-state index is 0.0905. The molecule has 1 heterocycles. The molecule has 0 aliphatic rings. The molecular formula is C13H11ClF3N3. The third-order valence-electron chi connectivity index (χ3n) is 2.66. The summed E-state index contributed by atoms with van der Waals surface area (Å²) in [5, 5.41) is 3.33. The van der Waals surface area contributed by atoms with E-state index in [1.54, 1.807) is 31.2 Å². The van der Waals surface area contributed by atoms with Gasteiger partial charge in [0.2, 0.25) is 5.95 Å². The first-order chi connectivity index (χ1) is 9.38. The number of nitrogens with one attached hydrogen (secondary N) is 1. The Labute approximate surface area is 118 Å². The van der Waals surface area contributed by atoms with Crippen molar-refractivity contribution in [1.82, 2.24) is 9.97 Å². The smallest absolute Gasteiger partial charge is 0.348 e. The van der Waals surface area contributed by atoms with Crippen molar-refractivity contribution in [2.75, 3.05) is 5.32 Å². The van der Waals surface area contributed by atoms with Crippen LogP contribution in [0.5, 0.6) is 0 Å². The second kappa shape index (κ2) is 5.66. The number of rotatable bonds is 3. The fourth-order valence-corrected chi connectivity index (χ4v) is 1.98. The quantitative estimate of drug-likeness (QED) is 0.917. The molecule has 3 nitrogen and oxygen atoms in total. The van der Waals surface area contributed by atoms with Crippen molar-refractivity contribution in [3.8, 4) is 0 Å². The highest BCUT2D eigenvalue weighted by Gasteiger charge is 2.32. The van der Waals surface area contributed by atoms with E-state index in [9.17, 15) is 13.2 Å². The fraction of sp³-hybridized carbons (Fsp3) is 0.231. The topological polar surface area (TPSA) is 37.8 Å². The van der Waals surface area contributed by atoms with Crippen molar-refractivity contribution in [3.63, 3.8) is 0 Å². The molecule has 0 saturated carbocycles. The van der Waals surface area contributed by atoms with Crippen LogP contribution in [0.3, 0.4) is 0 Å². The van der Waals surface area contributed by atoms with Gasteiger partial charge in [0.15, 0.2) is 0 Å². The number of nitrogens with zero attached hydrogens (tertiary/aromatic N) is 2. The molecule has 1 aromatic carbocycles. The van der Waals surface area contributed by atoms with Gasteiger partial charge < -0.3 is 5.32 Å². The van der Waals surface area contributed by atoms with Gasteiger partial charge in [-0.3, -0.25) is 0 Å². The highest BCUT2D eigenvalue weighted by atomic mass is 35.5. The Balaban J connectivity index is 2.20. The van der Waals surface area contributed by atoms with Gasteiger partial charge in [0, 0.05) is 11.2 Å². The van der Waals surface area contributed by atoms with Crippen LogP contribution in [-0.2, 0) is 6.18 Å². The molecule has 1 N–H and O–H groups in total. The Bertz CT molecular complexity index is 601. The van der Waals surface area contributed by atoms with Crippen molar-refractivity contribution < 1.29 is 13.2 Å². The monoisotopic (exact) mass is 301 g/mol. The third-order valence-corrected chi connectivity index (χ3v) is 3.01. The van der Waals surface area contributed by atoms with Crippen LogP contribution in [0, 0.1) is 0 Å². The van der Waals surface area contributed by atoms with E-state index in [-0.39, 0.29) is 12.0 Å². The summed E-state index contributed by atoms with van der Waals surface area (Å²) < 4.78 is 37.7. The van der Waals surface area contributed by atoms with Crippen LogP contribution < -0.4 is 5.32 Å². The number of benzene rings is 1. The van der Waals surface area contributed by atoms with Crippen molar-refractivity contribution in [3.05, 3.63) is 52.8 Å². The lowest BCUT2D eigenvalue weighted by molar-refractivity contribution is -0.141. The lowest BCUT2D eigenvalue weighted by atomic mass is 10.1. The van der Waals surface area contributed by atoms with E-state index in [4.69, 9.17) is 11.6 Å². The van der Waals surface area contributed by atoms with Gasteiger partial charge in [-0.15, -0.1) is 0 Å². The molecule has 0 amide bonds. The molecule has 1 unspecified atom stereocenters. The van der Waals surface area contributed by atoms with E-state index in [1.165, 1.54) is 0 Å². The minimum Gasteiger partial charge on any atom is -0.348 e. The maximum absolute atomic E-state index is 12.6. The molecule has 0 bridgehead atoms. The summed E-state index contributed by atoms with van der Waals surface area (Å²) in [7, 11) is 0. The Morgan fingerprint density at radius 1 is 1.20 bits per heavy atom. The highest BCUT2D eigenvalue weighted by Crippen LogP contribution is 2.29. The maximum atomic E-state index is 12.6. The molecule has 1 atom stereocenters. The maximum Gasteiger partial charge on any atom is 0.433 e. The van der Waals surface area contributed by atoms with Gasteiger partial charge in [-0.2, -0.15) is 13.2 Å². The Hall–Kier alpha value is -1.82. The van der Waals surface area contributed by atoms with Crippen LogP contribution in [0.2, 0.25) is 5.02 Å². The summed E-state index contributed by atoms with van der Waals surface area (Å²) in [4.78, 5) is 7.23. The van der Waals surface area contributed by atoms with E-state index in [0.29, 0.717) is 5.02 Å². The summed E-state index contributed by atoms with van der Waals surface area (Å²) >= 11 is 6.03. The van der Waals surface area contributed by atoms with Gasteiger partial charge in [-0.05, 0) is 24.6 Å². The summed E-state index contributed by atoms with van der Waals surface area (Å²) in [6, 6.07) is 7.58. The van der Waals surface area contributed by atoms with Crippen LogP contribution in [0.25, 0.3) is 0 Å². The Morgan fingerprint density at radius 3 is 2.55 bits per heavy atom. The predicted molar refractivity (Wildman–Crippen MR) is 70.5 cm³/mol. The second-order valence-corrected chi connectivity index (χ2v) is 4.56. The van der Waals surface area contributed by atoms with E-state index in [2.05, 4.69) is 15.3 Å². The number of halogens is 4. The van der Waals surface area contributed by atoms with Gasteiger partial charge in [0.1, 0.15) is 5.69 Å². The lowest BCUT2D eigenvalue weighted by Crippen LogP contribution is -2.14. The SMILES string of the molecule is CC(Nc1nccc(C(F)(F)F)n1)c1ccccc1Cl. The second-order valence-electron chi connectivity index (χ2n) is 4.15. The van der Waals surface area contributed by atoms with Crippen LogP contribution in [-0.4, -0.2) is 9.97 Å². The van der Waals surface area contributed by atoms with Crippen molar-refractivity contribution in [2.45, 2.75) is 19.1 Å². The summed E-state index contributed by atoms with van der Waals surface area (Å²) in [5.41, 5.74) is -0.225. The molecule has 1 aromatic heterocycles. The van der Waals surface area contributed by atoms with Gasteiger partial charge >= 0.3 is 6.18 Å². The minimum atomic E-state index is -4.49. The van der Waals surface area contributed by atoms with Crippen LogP contribution in [0.1, 0.15) is 24.2 Å². The zero-order valence-electron chi connectivity index (χ0n) is 10.4. The molecule has 20 heavy (non-hydrogen) atoms. The molecule has 0 aliphatic carbocycles. The van der Waals surface area contributed by atoms with Gasteiger partial charge in [-0.1, -0.05) is 29.8 Å². The first-order valence-electron chi connectivity index (χ1n) is 5.79. The molecule has 0 aliphatic heterocycles. The van der Waals surface area contributed by atoms with Gasteiger partial charge in [0.25, 0.3) is 0 Å². The predicted octanol–water partition coefficient (Wildman–Crippen LogP) is 4.32. The zero-order valence-corrected chi connectivity index (χ0v) is 11.2. The Kier molecular flexibility index (Phi) is 4.13. The Morgan fingerprint density at radius 2 is 1.90 bits per heavy atom. The lowest BCUT2D eigenvalue weighted by Gasteiger charge is -2.16. The molecule has 2 rings (SSSR count). The third kappa shape index (κ3) is 3.39. The van der Waals surface area contributed by atoms with Crippen molar-refractivity contribution >= 4 is 17.5 Å².